The summed E-state index contributed by atoms with van der Waals surface area (Å²) in [5, 5.41) is 24.0. The summed E-state index contributed by atoms with van der Waals surface area (Å²) >= 11 is 0. The Kier molecular flexibility index (Phi) is 4.19. The summed E-state index contributed by atoms with van der Waals surface area (Å²) in [4.78, 5) is 5.95. The Balaban J connectivity index is 1.89. The molecule has 0 atom stereocenters. The van der Waals surface area contributed by atoms with E-state index in [4.69, 9.17) is 10.9 Å². The second-order valence-corrected chi connectivity index (χ2v) is 5.50. The van der Waals surface area contributed by atoms with Crippen LogP contribution in [0.4, 0.5) is 0 Å². The van der Waals surface area contributed by atoms with Crippen molar-refractivity contribution >= 4 is 5.84 Å². The van der Waals surface area contributed by atoms with Gasteiger partial charge in [0.05, 0.1) is 19.1 Å². The SMILES string of the molecule is Cn1nnc(CN2CCN(C(C)(C)C(N)=NO)CC2)n1. The van der Waals surface area contributed by atoms with E-state index in [0.717, 1.165) is 32.0 Å². The lowest BCUT2D eigenvalue weighted by molar-refractivity contribution is 0.0780. The first-order chi connectivity index (χ1) is 9.43. The van der Waals surface area contributed by atoms with Gasteiger partial charge in [0, 0.05) is 26.2 Å². The molecule has 0 unspecified atom stereocenters. The molecular weight excluding hydrogens is 260 g/mol. The lowest BCUT2D eigenvalue weighted by Gasteiger charge is -2.42. The second kappa shape index (κ2) is 5.71. The molecule has 1 fully saturated rings. The highest BCUT2D eigenvalue weighted by Crippen LogP contribution is 2.17. The molecule has 1 saturated heterocycles. The molecule has 2 rings (SSSR count). The molecular formula is C11H22N8O. The zero-order chi connectivity index (χ0) is 14.8. The van der Waals surface area contributed by atoms with Crippen LogP contribution >= 0.6 is 0 Å². The predicted molar refractivity (Wildman–Crippen MR) is 73.1 cm³/mol. The lowest BCUT2D eigenvalue weighted by atomic mass is 10.0. The van der Waals surface area contributed by atoms with E-state index >= 15 is 0 Å². The van der Waals surface area contributed by atoms with Gasteiger partial charge in [0.15, 0.2) is 11.7 Å². The molecule has 2 heterocycles. The van der Waals surface area contributed by atoms with Crippen molar-refractivity contribution in [3.63, 3.8) is 0 Å². The summed E-state index contributed by atoms with van der Waals surface area (Å²) in [7, 11) is 1.76. The average molecular weight is 282 g/mol. The fourth-order valence-electron chi connectivity index (χ4n) is 2.34. The number of hydrogen-bond acceptors (Lipinski definition) is 7. The monoisotopic (exact) mass is 282 g/mol. The number of amidine groups is 1. The molecule has 0 amide bonds. The molecule has 1 aromatic heterocycles. The van der Waals surface area contributed by atoms with Crippen molar-refractivity contribution in [2.24, 2.45) is 17.9 Å². The standard InChI is InChI=1S/C11H22N8O/c1-11(2,10(12)15-20)19-6-4-18(5-7-19)8-9-13-16-17(3)14-9/h20H,4-8H2,1-3H3,(H2,12,15). The summed E-state index contributed by atoms with van der Waals surface area (Å²) < 4.78 is 0. The lowest BCUT2D eigenvalue weighted by Crippen LogP contribution is -2.59. The predicted octanol–water partition coefficient (Wildman–Crippen LogP) is -1.15. The van der Waals surface area contributed by atoms with Crippen molar-refractivity contribution in [1.82, 2.24) is 30.0 Å². The number of aromatic nitrogens is 4. The number of rotatable bonds is 4. The van der Waals surface area contributed by atoms with Gasteiger partial charge in [0.1, 0.15) is 0 Å². The molecule has 0 saturated carbocycles. The van der Waals surface area contributed by atoms with Crippen LogP contribution in [0.15, 0.2) is 5.16 Å². The highest BCUT2D eigenvalue weighted by atomic mass is 16.4. The first kappa shape index (κ1) is 14.7. The topological polar surface area (TPSA) is 109 Å². The molecule has 0 aliphatic carbocycles. The van der Waals surface area contributed by atoms with Crippen LogP contribution < -0.4 is 5.73 Å². The van der Waals surface area contributed by atoms with Crippen LogP contribution in [0.5, 0.6) is 0 Å². The first-order valence-corrected chi connectivity index (χ1v) is 6.62. The van der Waals surface area contributed by atoms with Crippen molar-refractivity contribution in [2.75, 3.05) is 26.2 Å². The number of nitrogens with two attached hydrogens (primary N) is 1. The quantitative estimate of drug-likeness (QED) is 0.311. The van der Waals surface area contributed by atoms with Crippen LogP contribution in [0.3, 0.4) is 0 Å². The summed E-state index contributed by atoms with van der Waals surface area (Å²) in [5.74, 6) is 0.971. The first-order valence-electron chi connectivity index (χ1n) is 6.62. The van der Waals surface area contributed by atoms with Crippen LogP contribution in [-0.4, -0.2) is 72.8 Å². The van der Waals surface area contributed by atoms with Crippen LogP contribution in [0.1, 0.15) is 19.7 Å². The molecule has 20 heavy (non-hydrogen) atoms. The third-order valence-corrected chi connectivity index (χ3v) is 3.81. The van der Waals surface area contributed by atoms with Gasteiger partial charge in [-0.15, -0.1) is 10.2 Å². The summed E-state index contributed by atoms with van der Waals surface area (Å²) in [6.45, 7) is 8.10. The number of piperazine rings is 1. The largest absolute Gasteiger partial charge is 0.409 e. The maximum atomic E-state index is 8.85. The van der Waals surface area contributed by atoms with Gasteiger partial charge in [-0.1, -0.05) is 5.16 Å². The van der Waals surface area contributed by atoms with E-state index in [0.29, 0.717) is 6.54 Å². The molecule has 1 aromatic rings. The van der Waals surface area contributed by atoms with E-state index in [1.54, 1.807) is 7.05 Å². The zero-order valence-corrected chi connectivity index (χ0v) is 12.2. The van der Waals surface area contributed by atoms with Crippen LogP contribution in [0.2, 0.25) is 0 Å². The van der Waals surface area contributed by atoms with Gasteiger partial charge in [0.25, 0.3) is 0 Å². The Morgan fingerprint density at radius 1 is 1.35 bits per heavy atom. The van der Waals surface area contributed by atoms with E-state index in [2.05, 4.69) is 30.4 Å². The van der Waals surface area contributed by atoms with Crippen molar-refractivity contribution in [3.8, 4) is 0 Å². The average Bonchev–Trinajstić information content (AvgIpc) is 2.83. The third-order valence-electron chi connectivity index (χ3n) is 3.81. The Labute approximate surface area is 118 Å². The van der Waals surface area contributed by atoms with Crippen molar-refractivity contribution in [1.29, 1.82) is 0 Å². The number of aryl methyl sites for hydroxylation is 1. The van der Waals surface area contributed by atoms with E-state index < -0.39 is 5.54 Å². The van der Waals surface area contributed by atoms with Crippen molar-refractivity contribution in [2.45, 2.75) is 25.9 Å². The van der Waals surface area contributed by atoms with Gasteiger partial charge in [0.2, 0.25) is 0 Å². The van der Waals surface area contributed by atoms with Crippen LogP contribution in [-0.2, 0) is 13.6 Å². The van der Waals surface area contributed by atoms with E-state index in [-0.39, 0.29) is 5.84 Å². The van der Waals surface area contributed by atoms with Crippen molar-refractivity contribution < 1.29 is 5.21 Å². The van der Waals surface area contributed by atoms with E-state index in [1.165, 1.54) is 4.80 Å². The Bertz CT molecular complexity index is 475. The summed E-state index contributed by atoms with van der Waals surface area (Å²) in [6, 6.07) is 0. The van der Waals surface area contributed by atoms with E-state index in [9.17, 15) is 0 Å². The van der Waals surface area contributed by atoms with Crippen molar-refractivity contribution in [3.05, 3.63) is 5.82 Å². The molecule has 0 radical (unpaired) electrons. The molecule has 0 spiro atoms. The Morgan fingerprint density at radius 3 is 2.50 bits per heavy atom. The van der Waals surface area contributed by atoms with Gasteiger partial charge < -0.3 is 10.9 Å². The molecule has 1 aliphatic rings. The van der Waals surface area contributed by atoms with Crippen LogP contribution in [0, 0.1) is 0 Å². The Morgan fingerprint density at radius 2 is 2.00 bits per heavy atom. The fraction of sp³-hybridized carbons (Fsp3) is 0.818. The maximum Gasteiger partial charge on any atom is 0.188 e. The molecule has 112 valence electrons. The smallest absolute Gasteiger partial charge is 0.188 e. The van der Waals surface area contributed by atoms with Gasteiger partial charge in [-0.05, 0) is 19.1 Å². The highest BCUT2D eigenvalue weighted by Gasteiger charge is 2.33. The molecule has 0 bridgehead atoms. The van der Waals surface area contributed by atoms with Gasteiger partial charge in [-0.3, -0.25) is 9.80 Å². The third kappa shape index (κ3) is 3.05. The maximum absolute atomic E-state index is 8.85. The normalized spacial score (nSPS) is 19.4. The molecule has 9 heteroatoms. The van der Waals surface area contributed by atoms with E-state index in [1.807, 2.05) is 13.8 Å². The Hall–Kier alpha value is -1.74. The minimum Gasteiger partial charge on any atom is -0.409 e. The second-order valence-electron chi connectivity index (χ2n) is 5.50. The molecule has 9 nitrogen and oxygen atoms in total. The van der Waals surface area contributed by atoms with Crippen LogP contribution in [0.25, 0.3) is 0 Å². The zero-order valence-electron chi connectivity index (χ0n) is 12.2. The van der Waals surface area contributed by atoms with Gasteiger partial charge in [-0.2, -0.15) is 4.80 Å². The number of hydrogen-bond donors (Lipinski definition) is 2. The number of nitrogens with zero attached hydrogens (tertiary/aromatic N) is 7. The molecule has 1 aliphatic heterocycles. The van der Waals surface area contributed by atoms with Gasteiger partial charge >= 0.3 is 0 Å². The minimum absolute atomic E-state index is 0.238. The fourth-order valence-corrected chi connectivity index (χ4v) is 2.34. The summed E-state index contributed by atoms with van der Waals surface area (Å²) in [6.07, 6.45) is 0. The molecule has 3 N–H and O–H groups in total. The molecule has 0 aromatic carbocycles. The number of tetrazole rings is 1. The highest BCUT2D eigenvalue weighted by molar-refractivity contribution is 5.88. The van der Waals surface area contributed by atoms with Gasteiger partial charge in [-0.25, -0.2) is 0 Å². The minimum atomic E-state index is -0.439. The summed E-state index contributed by atoms with van der Waals surface area (Å²) in [5.41, 5.74) is 5.32. The number of oxime groups is 1.